The van der Waals surface area contributed by atoms with Gasteiger partial charge in [-0.1, -0.05) is 54.6 Å². The third-order valence-electron chi connectivity index (χ3n) is 5.48. The number of hydrogen-bond donors (Lipinski definition) is 1. The molecule has 0 atom stereocenters. The normalized spacial score (nSPS) is 15.2. The molecule has 0 bridgehead atoms. The Kier molecular flexibility index (Phi) is 4.40. The van der Waals surface area contributed by atoms with E-state index in [2.05, 4.69) is 10.2 Å². The van der Waals surface area contributed by atoms with Crippen molar-refractivity contribution in [3.05, 3.63) is 100.0 Å². The number of amides is 1. The Labute approximate surface area is 178 Å². The van der Waals surface area contributed by atoms with Crippen molar-refractivity contribution < 1.29 is 4.79 Å². The van der Waals surface area contributed by atoms with Crippen molar-refractivity contribution in [2.24, 2.45) is 5.10 Å². The number of rotatable bonds is 3. The predicted molar refractivity (Wildman–Crippen MR) is 124 cm³/mol. The minimum atomic E-state index is -0.250. The maximum absolute atomic E-state index is 13.3. The lowest BCUT2D eigenvalue weighted by Crippen LogP contribution is -2.21. The Morgan fingerprint density at radius 2 is 1.58 bits per heavy atom. The minimum absolute atomic E-state index is 0.208. The molecule has 1 aliphatic heterocycles. The summed E-state index contributed by atoms with van der Waals surface area (Å²) in [5.74, 6) is -0.250. The van der Waals surface area contributed by atoms with Crippen LogP contribution in [0.3, 0.4) is 0 Å². The van der Waals surface area contributed by atoms with Crippen LogP contribution >= 0.6 is 0 Å². The number of benzene rings is 3. The molecule has 31 heavy (non-hydrogen) atoms. The van der Waals surface area contributed by atoms with Crippen molar-refractivity contribution in [2.75, 3.05) is 5.01 Å². The molecular weight excluding hydrogens is 388 g/mol. The molecular formula is C25H20N4O2. The van der Waals surface area contributed by atoms with Crippen molar-refractivity contribution in [2.45, 2.75) is 13.8 Å². The van der Waals surface area contributed by atoms with Crippen LogP contribution in [0.4, 0.5) is 5.69 Å². The molecule has 0 aliphatic carbocycles. The number of carbonyl (C=O) groups is 1. The fourth-order valence-electron chi connectivity index (χ4n) is 3.88. The lowest BCUT2D eigenvalue weighted by atomic mass is 10.1. The van der Waals surface area contributed by atoms with Gasteiger partial charge in [0.25, 0.3) is 11.5 Å². The Morgan fingerprint density at radius 3 is 2.39 bits per heavy atom. The zero-order valence-corrected chi connectivity index (χ0v) is 17.2. The lowest BCUT2D eigenvalue weighted by Gasteiger charge is -2.10. The fourth-order valence-corrected chi connectivity index (χ4v) is 3.88. The second kappa shape index (κ2) is 7.25. The number of fused-ring (bicyclic) bond motifs is 1. The third-order valence-corrected chi connectivity index (χ3v) is 5.48. The van der Waals surface area contributed by atoms with Crippen LogP contribution in [0.5, 0.6) is 0 Å². The van der Waals surface area contributed by atoms with Gasteiger partial charge >= 0.3 is 0 Å². The number of aromatic nitrogens is 2. The number of para-hydroxylation sites is 1. The summed E-state index contributed by atoms with van der Waals surface area (Å²) in [5, 5.41) is 10.9. The largest absolute Gasteiger partial charge is 0.295 e. The summed E-state index contributed by atoms with van der Waals surface area (Å²) in [6.45, 7) is 3.61. The quantitative estimate of drug-likeness (QED) is 0.510. The third kappa shape index (κ3) is 3.09. The van der Waals surface area contributed by atoms with Gasteiger partial charge in [0.2, 0.25) is 0 Å². The van der Waals surface area contributed by atoms with Gasteiger partial charge in [-0.2, -0.15) is 10.1 Å². The van der Waals surface area contributed by atoms with Crippen molar-refractivity contribution in [1.82, 2.24) is 9.78 Å². The second-order valence-corrected chi connectivity index (χ2v) is 7.49. The molecule has 0 radical (unpaired) electrons. The Bertz CT molecular complexity index is 1440. The molecule has 4 aromatic rings. The SMILES string of the molecule is CC1=NN(c2ccccc2)C(=O)C1=Cc1c(C)[nH]n(-c2cccc3ccccc23)c1=O. The van der Waals surface area contributed by atoms with E-state index in [1.807, 2.05) is 79.7 Å². The molecule has 1 N–H and O–H groups in total. The molecule has 1 amide bonds. The highest BCUT2D eigenvalue weighted by atomic mass is 16.2. The molecule has 0 unspecified atom stereocenters. The Hall–Kier alpha value is -4.19. The number of aryl methyl sites for hydroxylation is 1. The van der Waals surface area contributed by atoms with Gasteiger partial charge in [-0.15, -0.1) is 0 Å². The van der Waals surface area contributed by atoms with Crippen molar-refractivity contribution in [1.29, 1.82) is 0 Å². The number of carbonyl (C=O) groups excluding carboxylic acids is 1. The molecule has 0 saturated carbocycles. The number of H-pyrrole nitrogens is 1. The maximum atomic E-state index is 13.3. The van der Waals surface area contributed by atoms with Gasteiger partial charge in [-0.25, -0.2) is 4.68 Å². The summed E-state index contributed by atoms with van der Waals surface area (Å²) < 4.78 is 1.53. The first-order chi connectivity index (χ1) is 15.0. The van der Waals surface area contributed by atoms with E-state index < -0.39 is 0 Å². The maximum Gasteiger partial charge on any atom is 0.280 e. The summed E-state index contributed by atoms with van der Waals surface area (Å²) in [7, 11) is 0. The van der Waals surface area contributed by atoms with E-state index >= 15 is 0 Å². The summed E-state index contributed by atoms with van der Waals surface area (Å²) in [4.78, 5) is 26.3. The summed E-state index contributed by atoms with van der Waals surface area (Å²) >= 11 is 0. The number of anilines is 1. The first-order valence-electron chi connectivity index (χ1n) is 10.0. The highest BCUT2D eigenvalue weighted by Crippen LogP contribution is 2.25. The lowest BCUT2D eigenvalue weighted by molar-refractivity contribution is -0.114. The van der Waals surface area contributed by atoms with Crippen LogP contribution in [0.25, 0.3) is 22.5 Å². The first kappa shape index (κ1) is 18.8. The van der Waals surface area contributed by atoms with Crippen LogP contribution < -0.4 is 10.6 Å². The van der Waals surface area contributed by atoms with E-state index in [1.54, 1.807) is 13.0 Å². The molecule has 2 heterocycles. The van der Waals surface area contributed by atoms with Gasteiger partial charge in [-0.05, 0) is 43.5 Å². The fraction of sp³-hybridized carbons (Fsp3) is 0.0800. The number of nitrogens with one attached hydrogen (secondary N) is 1. The molecule has 1 aromatic heterocycles. The van der Waals surface area contributed by atoms with E-state index in [4.69, 9.17) is 0 Å². The standard InChI is InChI=1S/C25H20N4O2/c1-16-21(24(30)28(26-16)19-11-4-3-5-12-19)15-22-17(2)27-29(25(22)31)23-14-8-10-18-9-6-7-13-20(18)23/h3-15,27H,1-2H3. The van der Waals surface area contributed by atoms with Crippen molar-refractivity contribution in [3.8, 4) is 5.69 Å². The molecule has 3 aromatic carbocycles. The van der Waals surface area contributed by atoms with Gasteiger partial charge in [0.05, 0.1) is 28.2 Å². The first-order valence-corrected chi connectivity index (χ1v) is 10.0. The van der Waals surface area contributed by atoms with E-state index in [0.717, 1.165) is 16.5 Å². The van der Waals surface area contributed by atoms with Gasteiger partial charge in [0.1, 0.15) is 0 Å². The predicted octanol–water partition coefficient (Wildman–Crippen LogP) is 4.43. The van der Waals surface area contributed by atoms with E-state index in [9.17, 15) is 9.59 Å². The molecule has 5 rings (SSSR count). The molecule has 0 fully saturated rings. The molecule has 0 spiro atoms. The van der Waals surface area contributed by atoms with Gasteiger partial charge in [0.15, 0.2) is 0 Å². The monoisotopic (exact) mass is 408 g/mol. The minimum Gasteiger partial charge on any atom is -0.295 e. The topological polar surface area (TPSA) is 70.5 Å². The zero-order valence-electron chi connectivity index (χ0n) is 17.2. The van der Waals surface area contributed by atoms with Crippen molar-refractivity contribution >= 4 is 34.2 Å². The molecule has 6 nitrogen and oxygen atoms in total. The molecule has 1 aliphatic rings. The summed E-state index contributed by atoms with van der Waals surface area (Å²) in [6.07, 6.45) is 1.64. The second-order valence-electron chi connectivity index (χ2n) is 7.49. The number of aromatic amines is 1. The van der Waals surface area contributed by atoms with Crippen LogP contribution in [0.2, 0.25) is 0 Å². The highest BCUT2D eigenvalue weighted by molar-refractivity contribution is 6.32. The van der Waals surface area contributed by atoms with Gasteiger partial charge in [0, 0.05) is 11.1 Å². The Morgan fingerprint density at radius 1 is 0.871 bits per heavy atom. The number of hydrogen-bond acceptors (Lipinski definition) is 3. The van der Waals surface area contributed by atoms with Gasteiger partial charge in [-0.3, -0.25) is 14.7 Å². The Balaban J connectivity index is 1.59. The smallest absolute Gasteiger partial charge is 0.280 e. The molecule has 6 heteroatoms. The highest BCUT2D eigenvalue weighted by Gasteiger charge is 2.29. The number of nitrogens with zero attached hydrogens (tertiary/aromatic N) is 3. The van der Waals surface area contributed by atoms with E-state index in [1.165, 1.54) is 9.69 Å². The molecule has 0 saturated heterocycles. The molecule has 152 valence electrons. The summed E-state index contributed by atoms with van der Waals surface area (Å²) in [5.41, 5.74) is 3.36. The average Bonchev–Trinajstić information content (AvgIpc) is 3.24. The number of hydrazone groups is 1. The van der Waals surface area contributed by atoms with Crippen LogP contribution in [0.1, 0.15) is 18.2 Å². The van der Waals surface area contributed by atoms with E-state index in [-0.39, 0.29) is 11.5 Å². The summed E-state index contributed by atoms with van der Waals surface area (Å²) in [6, 6.07) is 23.0. The van der Waals surface area contributed by atoms with Crippen LogP contribution in [-0.2, 0) is 4.79 Å². The average molecular weight is 408 g/mol. The van der Waals surface area contributed by atoms with Crippen LogP contribution in [0, 0.1) is 6.92 Å². The zero-order chi connectivity index (χ0) is 21.5. The van der Waals surface area contributed by atoms with E-state index in [0.29, 0.717) is 28.2 Å². The van der Waals surface area contributed by atoms with Crippen LogP contribution in [-0.4, -0.2) is 21.4 Å². The van der Waals surface area contributed by atoms with Crippen molar-refractivity contribution in [3.63, 3.8) is 0 Å². The van der Waals surface area contributed by atoms with Gasteiger partial charge < -0.3 is 0 Å². The van der Waals surface area contributed by atoms with Crippen LogP contribution in [0.15, 0.2) is 88.3 Å².